The zero-order valence-corrected chi connectivity index (χ0v) is 19.9. The van der Waals surface area contributed by atoms with Gasteiger partial charge in [-0.3, -0.25) is 19.3 Å². The second kappa shape index (κ2) is 9.41. The molecule has 0 spiro atoms. The predicted molar refractivity (Wildman–Crippen MR) is 130 cm³/mol. The van der Waals surface area contributed by atoms with Gasteiger partial charge in [-0.15, -0.1) is 0 Å². The van der Waals surface area contributed by atoms with Crippen molar-refractivity contribution >= 4 is 17.6 Å². The van der Waals surface area contributed by atoms with E-state index in [4.69, 9.17) is 9.47 Å². The molecule has 5 rings (SSSR count). The van der Waals surface area contributed by atoms with E-state index in [1.54, 1.807) is 37.4 Å². The number of amides is 2. The van der Waals surface area contributed by atoms with E-state index in [0.717, 1.165) is 25.7 Å². The highest BCUT2D eigenvalue weighted by atomic mass is 16.5. The molecule has 7 heteroatoms. The lowest BCUT2D eigenvalue weighted by Crippen LogP contribution is -2.35. The maximum Gasteiger partial charge on any atom is 0.264 e. The zero-order valence-electron chi connectivity index (χ0n) is 19.9. The molecule has 0 bridgehead atoms. The first-order valence-electron chi connectivity index (χ1n) is 12.0. The van der Waals surface area contributed by atoms with Crippen LogP contribution in [0.2, 0.25) is 0 Å². The van der Waals surface area contributed by atoms with E-state index in [1.807, 2.05) is 35.2 Å². The molecule has 3 aromatic rings. The van der Waals surface area contributed by atoms with Crippen molar-refractivity contribution in [2.45, 2.75) is 51.2 Å². The molecule has 0 radical (unpaired) electrons. The fourth-order valence-electron chi connectivity index (χ4n) is 5.09. The quantitative estimate of drug-likeness (QED) is 0.425. The number of hydrogen-bond donors (Lipinski definition) is 0. The molecule has 2 heterocycles. The van der Waals surface area contributed by atoms with Crippen molar-refractivity contribution in [3.05, 3.63) is 77.6 Å². The molecule has 7 nitrogen and oxygen atoms in total. The van der Waals surface area contributed by atoms with Crippen molar-refractivity contribution in [2.75, 3.05) is 7.11 Å². The number of nitrogens with zero attached hydrogens (tertiary/aromatic N) is 2. The molecular weight excluding hydrogens is 444 g/mol. The smallest absolute Gasteiger partial charge is 0.264 e. The van der Waals surface area contributed by atoms with Crippen LogP contribution in [0, 0.1) is 0 Å². The first kappa shape index (κ1) is 22.9. The van der Waals surface area contributed by atoms with Gasteiger partial charge in [0.15, 0.2) is 11.5 Å². The maximum absolute atomic E-state index is 13.7. The fourth-order valence-corrected chi connectivity index (χ4v) is 5.09. The Morgan fingerprint density at radius 2 is 1.74 bits per heavy atom. The largest absolute Gasteiger partial charge is 0.493 e. The molecule has 0 N–H and O–H groups in total. The normalized spacial score (nSPS) is 16.5. The molecule has 2 aliphatic rings. The number of carbonyl (C=O) groups is 3. The summed E-state index contributed by atoms with van der Waals surface area (Å²) in [6.45, 7) is 1.47. The summed E-state index contributed by atoms with van der Waals surface area (Å²) in [6, 6.07) is 13.6. The van der Waals surface area contributed by atoms with E-state index in [2.05, 4.69) is 0 Å². The zero-order chi connectivity index (χ0) is 24.5. The predicted octanol–water partition coefficient (Wildman–Crippen LogP) is 5.12. The van der Waals surface area contributed by atoms with Gasteiger partial charge in [0.25, 0.3) is 11.8 Å². The number of benzene rings is 2. The maximum atomic E-state index is 13.7. The van der Waals surface area contributed by atoms with Gasteiger partial charge in [-0.05, 0) is 74.6 Å². The fraction of sp³-hybridized carbons (Fsp3) is 0.321. The number of Topliss-reactive ketones (excluding diaryl/α,β-unsaturated/α-hetero) is 1. The SMILES string of the molecule is COc1ccc(C(CC(C)=O)N2C(=O)c3cccc(-n4cccc4)c3C2=O)cc1OC1CCCC1. The molecular formula is C28H28N2O5. The summed E-state index contributed by atoms with van der Waals surface area (Å²) in [7, 11) is 1.58. The lowest BCUT2D eigenvalue weighted by Gasteiger charge is -2.27. The monoisotopic (exact) mass is 472 g/mol. The summed E-state index contributed by atoms with van der Waals surface area (Å²) in [5.74, 6) is 0.217. The molecule has 1 aliphatic carbocycles. The number of ketones is 1. The van der Waals surface area contributed by atoms with Gasteiger partial charge < -0.3 is 14.0 Å². The standard InChI is InChI=1S/C28H28N2O5/c1-18(31)16-23(19-12-13-24(34-2)25(17-19)35-20-8-3-4-9-20)30-27(32)21-10-7-11-22(26(21)28(30)33)29-14-5-6-15-29/h5-7,10-15,17,20,23H,3-4,8-9,16H2,1-2H3. The molecule has 35 heavy (non-hydrogen) atoms. The van der Waals surface area contributed by atoms with Crippen molar-refractivity contribution in [2.24, 2.45) is 0 Å². The first-order chi connectivity index (χ1) is 17.0. The molecule has 1 fully saturated rings. The summed E-state index contributed by atoms with van der Waals surface area (Å²) in [5.41, 5.74) is 1.98. The number of fused-ring (bicyclic) bond motifs is 1. The van der Waals surface area contributed by atoms with E-state index in [0.29, 0.717) is 33.9 Å². The van der Waals surface area contributed by atoms with E-state index in [1.165, 1.54) is 11.8 Å². The van der Waals surface area contributed by atoms with Crippen LogP contribution in [0.25, 0.3) is 5.69 Å². The van der Waals surface area contributed by atoms with Crippen LogP contribution in [0.5, 0.6) is 11.5 Å². The Bertz CT molecular complexity index is 1270. The van der Waals surface area contributed by atoms with Gasteiger partial charge in [-0.1, -0.05) is 12.1 Å². The van der Waals surface area contributed by atoms with Gasteiger partial charge in [0, 0.05) is 18.8 Å². The van der Waals surface area contributed by atoms with Crippen molar-refractivity contribution in [1.82, 2.24) is 9.47 Å². The van der Waals surface area contributed by atoms with E-state index >= 15 is 0 Å². The molecule has 2 aromatic carbocycles. The summed E-state index contributed by atoms with van der Waals surface area (Å²) in [6.07, 6.45) is 7.98. The van der Waals surface area contributed by atoms with Gasteiger partial charge in [0.1, 0.15) is 5.78 Å². The minimum absolute atomic E-state index is 0.0134. The Hall–Kier alpha value is -3.87. The molecule has 1 saturated carbocycles. The van der Waals surface area contributed by atoms with Gasteiger partial charge >= 0.3 is 0 Å². The van der Waals surface area contributed by atoms with Crippen LogP contribution in [0.3, 0.4) is 0 Å². The third kappa shape index (κ3) is 4.22. The van der Waals surface area contributed by atoms with Crippen molar-refractivity contribution in [3.63, 3.8) is 0 Å². The van der Waals surface area contributed by atoms with E-state index < -0.39 is 17.9 Å². The minimum atomic E-state index is -0.755. The Morgan fingerprint density at radius 1 is 1.00 bits per heavy atom. The van der Waals surface area contributed by atoms with Crippen molar-refractivity contribution < 1.29 is 23.9 Å². The van der Waals surface area contributed by atoms with Crippen LogP contribution >= 0.6 is 0 Å². The van der Waals surface area contributed by atoms with Crippen LogP contribution < -0.4 is 9.47 Å². The molecule has 0 saturated heterocycles. The second-order valence-electron chi connectivity index (χ2n) is 9.13. The molecule has 2 amide bonds. The van der Waals surface area contributed by atoms with Crippen LogP contribution in [0.15, 0.2) is 60.9 Å². The number of hydrogen-bond acceptors (Lipinski definition) is 5. The molecule has 1 atom stereocenters. The highest BCUT2D eigenvalue weighted by Gasteiger charge is 2.42. The second-order valence-corrected chi connectivity index (χ2v) is 9.13. The Morgan fingerprint density at radius 3 is 2.43 bits per heavy atom. The highest BCUT2D eigenvalue weighted by molar-refractivity contribution is 6.23. The average Bonchev–Trinajstić information content (AvgIpc) is 3.61. The lowest BCUT2D eigenvalue weighted by atomic mass is 9.99. The van der Waals surface area contributed by atoms with Crippen LogP contribution in [0.1, 0.15) is 71.3 Å². The molecule has 1 unspecified atom stereocenters. The Balaban J connectivity index is 1.55. The topological polar surface area (TPSA) is 77.8 Å². The highest BCUT2D eigenvalue weighted by Crippen LogP contribution is 2.40. The number of imide groups is 1. The number of rotatable bonds is 8. The van der Waals surface area contributed by atoms with E-state index in [9.17, 15) is 14.4 Å². The Labute approximate surface area is 204 Å². The van der Waals surface area contributed by atoms with Crippen molar-refractivity contribution in [1.29, 1.82) is 0 Å². The van der Waals surface area contributed by atoms with Gasteiger partial charge in [0.05, 0.1) is 36.1 Å². The third-order valence-electron chi connectivity index (χ3n) is 6.77. The molecule has 1 aliphatic heterocycles. The molecule has 180 valence electrons. The summed E-state index contributed by atoms with van der Waals surface area (Å²) in [5, 5.41) is 0. The van der Waals surface area contributed by atoms with Gasteiger partial charge in [0.2, 0.25) is 0 Å². The number of aromatic nitrogens is 1. The van der Waals surface area contributed by atoms with Crippen LogP contribution in [-0.4, -0.2) is 40.3 Å². The Kier molecular flexibility index (Phi) is 6.16. The summed E-state index contributed by atoms with van der Waals surface area (Å²) >= 11 is 0. The lowest BCUT2D eigenvalue weighted by molar-refractivity contribution is -0.117. The number of ether oxygens (including phenoxy) is 2. The van der Waals surface area contributed by atoms with Gasteiger partial charge in [-0.25, -0.2) is 0 Å². The number of carbonyl (C=O) groups excluding carboxylic acids is 3. The summed E-state index contributed by atoms with van der Waals surface area (Å²) in [4.78, 5) is 40.8. The summed E-state index contributed by atoms with van der Waals surface area (Å²) < 4.78 is 13.6. The number of methoxy groups -OCH3 is 1. The first-order valence-corrected chi connectivity index (χ1v) is 12.0. The minimum Gasteiger partial charge on any atom is -0.493 e. The van der Waals surface area contributed by atoms with E-state index in [-0.39, 0.29) is 18.3 Å². The van der Waals surface area contributed by atoms with Crippen LogP contribution in [-0.2, 0) is 4.79 Å². The van der Waals surface area contributed by atoms with Gasteiger partial charge in [-0.2, -0.15) is 0 Å². The van der Waals surface area contributed by atoms with Crippen molar-refractivity contribution in [3.8, 4) is 17.2 Å². The average molecular weight is 473 g/mol. The molecule has 1 aromatic heterocycles. The van der Waals surface area contributed by atoms with Crippen LogP contribution in [0.4, 0.5) is 0 Å². The third-order valence-corrected chi connectivity index (χ3v) is 6.77.